The molecule has 0 rings (SSSR count). The van der Waals surface area contributed by atoms with E-state index in [2.05, 4.69) is 4.52 Å². The van der Waals surface area contributed by atoms with Gasteiger partial charge in [0.1, 0.15) is 0 Å². The molecule has 7 heteroatoms. The molecular formula is C5H11N2O4P. The molecule has 1 atom stereocenters. The lowest BCUT2D eigenvalue weighted by Gasteiger charge is -2.09. The molecule has 0 heterocycles. The molecule has 0 saturated carbocycles. The van der Waals surface area contributed by atoms with Crippen molar-refractivity contribution in [2.75, 3.05) is 6.61 Å². The molecule has 0 bridgehead atoms. The maximum absolute atomic E-state index is 10.9. The van der Waals surface area contributed by atoms with E-state index in [0.717, 1.165) is 0 Å². The van der Waals surface area contributed by atoms with E-state index in [4.69, 9.17) is 10.3 Å². The molecule has 0 aromatic carbocycles. The van der Waals surface area contributed by atoms with Crippen molar-refractivity contribution in [3.05, 3.63) is 0 Å². The Labute approximate surface area is 70.0 Å². The van der Waals surface area contributed by atoms with E-state index in [1.165, 1.54) is 13.8 Å². The summed E-state index contributed by atoms with van der Waals surface area (Å²) in [5, 5.41) is 8.69. The molecule has 3 N–H and O–H groups in total. The number of nitrogens with one attached hydrogen (secondary N) is 2. The van der Waals surface area contributed by atoms with Gasteiger partial charge in [-0.25, -0.2) is 4.57 Å². The number of carbonyl (C=O) groups is 1. The summed E-state index contributed by atoms with van der Waals surface area (Å²) < 4.78 is 15.2. The molecular weight excluding hydrogens is 183 g/mol. The van der Waals surface area contributed by atoms with Crippen LogP contribution in [0.5, 0.6) is 0 Å². The molecule has 70 valence electrons. The number of hydrogen-bond acceptors (Lipinski definition) is 4. The first kappa shape index (κ1) is 11.3. The predicted molar refractivity (Wildman–Crippen MR) is 43.4 cm³/mol. The smallest absolute Gasteiger partial charge is 0.318 e. The fourth-order valence-corrected chi connectivity index (χ4v) is 1.24. The van der Waals surface area contributed by atoms with E-state index in [-0.39, 0.29) is 12.4 Å². The molecule has 0 aliphatic carbocycles. The Bertz CT molecular complexity index is 240. The van der Waals surface area contributed by atoms with Crippen molar-refractivity contribution < 1.29 is 18.8 Å². The van der Waals surface area contributed by atoms with Crippen LogP contribution >= 0.6 is 7.60 Å². The van der Waals surface area contributed by atoms with Gasteiger partial charge in [-0.2, -0.15) is 0 Å². The first-order chi connectivity index (χ1) is 5.40. The molecule has 0 spiro atoms. The van der Waals surface area contributed by atoms with Crippen molar-refractivity contribution in [2.24, 2.45) is 0 Å². The maximum Gasteiger partial charge on any atom is 0.416 e. The van der Waals surface area contributed by atoms with Gasteiger partial charge in [0.25, 0.3) is 0 Å². The van der Waals surface area contributed by atoms with Gasteiger partial charge < -0.3 is 14.7 Å². The molecule has 0 fully saturated rings. The highest BCUT2D eigenvalue weighted by molar-refractivity contribution is 7.70. The van der Waals surface area contributed by atoms with Crippen molar-refractivity contribution in [3.8, 4) is 0 Å². The Morgan fingerprint density at radius 1 is 1.75 bits per heavy atom. The summed E-state index contributed by atoms with van der Waals surface area (Å²) in [6.07, 6.45) is 0. The summed E-state index contributed by atoms with van der Waals surface area (Å²) in [6, 6.07) is 0. The lowest BCUT2D eigenvalue weighted by Crippen LogP contribution is -2.26. The third-order valence-corrected chi connectivity index (χ3v) is 2.09. The molecule has 0 aromatic rings. The third kappa shape index (κ3) is 3.61. The van der Waals surface area contributed by atoms with Gasteiger partial charge in [0, 0.05) is 0 Å². The van der Waals surface area contributed by atoms with Gasteiger partial charge >= 0.3 is 13.2 Å². The van der Waals surface area contributed by atoms with Crippen LogP contribution in [0.4, 0.5) is 4.79 Å². The van der Waals surface area contributed by atoms with E-state index >= 15 is 0 Å². The van der Waals surface area contributed by atoms with Crippen molar-refractivity contribution >= 4 is 19.1 Å². The van der Waals surface area contributed by atoms with Gasteiger partial charge in [0.05, 0.1) is 12.4 Å². The summed E-state index contributed by atoms with van der Waals surface area (Å²) >= 11 is 0. The number of amidine groups is 1. The second-order valence-corrected chi connectivity index (χ2v) is 3.70. The molecule has 0 aliphatic rings. The summed E-state index contributed by atoms with van der Waals surface area (Å²) in [4.78, 5) is 19.6. The van der Waals surface area contributed by atoms with E-state index < -0.39 is 13.2 Å². The second kappa shape index (κ2) is 4.35. The van der Waals surface area contributed by atoms with Crippen LogP contribution in [0.25, 0.3) is 0 Å². The molecule has 0 aliphatic heterocycles. The highest BCUT2D eigenvalue weighted by atomic mass is 31.2. The zero-order chi connectivity index (χ0) is 9.78. The minimum atomic E-state index is -4.23. The predicted octanol–water partition coefficient (Wildman–Crippen LogP) is 0.915. The lowest BCUT2D eigenvalue weighted by molar-refractivity contribution is 0.237. The first-order valence-corrected chi connectivity index (χ1v) is 4.82. The van der Waals surface area contributed by atoms with E-state index in [0.29, 0.717) is 0 Å². The minimum absolute atomic E-state index is 0.0295. The summed E-state index contributed by atoms with van der Waals surface area (Å²) in [5.41, 5.74) is -1.17. The largest absolute Gasteiger partial charge is 0.416 e. The fourth-order valence-electron chi connectivity index (χ4n) is 0.465. The molecule has 12 heavy (non-hydrogen) atoms. The van der Waals surface area contributed by atoms with Gasteiger partial charge in [-0.05, 0) is 13.8 Å². The Morgan fingerprint density at radius 3 is 2.58 bits per heavy atom. The third-order valence-electron chi connectivity index (χ3n) is 0.855. The van der Waals surface area contributed by atoms with Crippen LogP contribution in [-0.2, 0) is 9.09 Å². The van der Waals surface area contributed by atoms with Gasteiger partial charge in [-0.1, -0.05) is 0 Å². The molecule has 0 saturated heterocycles. The van der Waals surface area contributed by atoms with E-state index in [9.17, 15) is 9.36 Å². The SMILES string of the molecule is CCOP(=O)(O)C(=O)NC(C)=N. The van der Waals surface area contributed by atoms with Crippen LogP contribution in [0.15, 0.2) is 0 Å². The van der Waals surface area contributed by atoms with Crippen molar-refractivity contribution in [1.29, 1.82) is 5.41 Å². The molecule has 6 nitrogen and oxygen atoms in total. The van der Waals surface area contributed by atoms with Crippen LogP contribution in [0, 0.1) is 5.41 Å². The zero-order valence-corrected chi connectivity index (χ0v) is 7.72. The summed E-state index contributed by atoms with van der Waals surface area (Å²) in [7, 11) is -4.23. The Hall–Kier alpha value is -0.710. The number of rotatable bonds is 3. The molecule has 0 aromatic heterocycles. The number of hydrogen-bond donors (Lipinski definition) is 3. The monoisotopic (exact) mass is 194 g/mol. The highest BCUT2D eigenvalue weighted by Crippen LogP contribution is 2.42. The quantitative estimate of drug-likeness (QED) is 0.353. The topological polar surface area (TPSA) is 99.5 Å². The fraction of sp³-hybridized carbons (Fsp3) is 0.600. The van der Waals surface area contributed by atoms with Crippen LogP contribution in [0.3, 0.4) is 0 Å². The molecule has 0 radical (unpaired) electrons. The van der Waals surface area contributed by atoms with E-state index in [1.54, 1.807) is 0 Å². The average Bonchev–Trinajstić information content (AvgIpc) is 1.85. The Balaban J connectivity index is 4.26. The Morgan fingerprint density at radius 2 is 2.25 bits per heavy atom. The van der Waals surface area contributed by atoms with Crippen LogP contribution < -0.4 is 5.32 Å². The van der Waals surface area contributed by atoms with Crippen molar-refractivity contribution in [1.82, 2.24) is 5.32 Å². The highest BCUT2D eigenvalue weighted by Gasteiger charge is 2.29. The van der Waals surface area contributed by atoms with E-state index in [1.807, 2.05) is 5.32 Å². The van der Waals surface area contributed by atoms with Crippen LogP contribution in [-0.4, -0.2) is 23.0 Å². The van der Waals surface area contributed by atoms with Crippen molar-refractivity contribution in [2.45, 2.75) is 13.8 Å². The van der Waals surface area contributed by atoms with Gasteiger partial charge in [0.2, 0.25) is 0 Å². The number of carbonyl (C=O) groups excluding carboxylic acids is 1. The minimum Gasteiger partial charge on any atom is -0.318 e. The maximum atomic E-state index is 10.9. The molecule has 1 amide bonds. The Kier molecular flexibility index (Phi) is 4.09. The summed E-state index contributed by atoms with van der Waals surface area (Å²) in [5.74, 6) is -0.200. The standard InChI is InChI=1S/C5H11N2O4P/c1-3-11-12(9,10)5(8)7-4(2)6/h3H2,1-2H3,(H,9,10)(H2,6,7,8). The van der Waals surface area contributed by atoms with Crippen LogP contribution in [0.2, 0.25) is 0 Å². The lowest BCUT2D eigenvalue weighted by atomic mass is 10.7. The van der Waals surface area contributed by atoms with Crippen molar-refractivity contribution in [3.63, 3.8) is 0 Å². The van der Waals surface area contributed by atoms with Gasteiger partial charge in [0.15, 0.2) is 0 Å². The normalized spacial score (nSPS) is 14.9. The van der Waals surface area contributed by atoms with Gasteiger partial charge in [-0.15, -0.1) is 0 Å². The first-order valence-electron chi connectivity index (χ1n) is 3.24. The second-order valence-electron chi connectivity index (χ2n) is 1.99. The van der Waals surface area contributed by atoms with Crippen LogP contribution in [0.1, 0.15) is 13.8 Å². The van der Waals surface area contributed by atoms with Gasteiger partial charge in [-0.3, -0.25) is 10.2 Å². The zero-order valence-electron chi connectivity index (χ0n) is 6.83. The number of amides is 1. The molecule has 1 unspecified atom stereocenters. The average molecular weight is 194 g/mol. The summed E-state index contributed by atoms with van der Waals surface area (Å²) in [6.45, 7) is 2.75.